The van der Waals surface area contributed by atoms with Crippen molar-refractivity contribution in [1.82, 2.24) is 20.4 Å². The predicted octanol–water partition coefficient (Wildman–Crippen LogP) is 4.38. The predicted molar refractivity (Wildman–Crippen MR) is 140 cm³/mol. The van der Waals surface area contributed by atoms with Crippen LogP contribution < -0.4 is 20.1 Å². The summed E-state index contributed by atoms with van der Waals surface area (Å²) in [4.78, 5) is 4.35. The van der Waals surface area contributed by atoms with Gasteiger partial charge in [-0.05, 0) is 56.2 Å². The first-order chi connectivity index (χ1) is 15.0. The number of nitrogens with zero attached hydrogens (tertiary/aromatic N) is 3. The number of ether oxygens (including phenoxy) is 2. The van der Waals surface area contributed by atoms with E-state index in [4.69, 9.17) is 9.47 Å². The van der Waals surface area contributed by atoms with Crippen LogP contribution in [-0.2, 0) is 13.1 Å². The number of methoxy groups -OCH3 is 1. The Morgan fingerprint density at radius 2 is 1.78 bits per heavy atom. The SMILES string of the molecule is CCOc1cc(CNC(=NC)NCc2ccccc2-n2nc(C)cc2C)ccc1OC.I. The number of aliphatic imine (C=N–C) groups is 1. The lowest BCUT2D eigenvalue weighted by atomic mass is 10.1. The molecule has 0 saturated heterocycles. The highest BCUT2D eigenvalue weighted by molar-refractivity contribution is 14.0. The summed E-state index contributed by atoms with van der Waals surface area (Å²) >= 11 is 0. The van der Waals surface area contributed by atoms with Crippen molar-refractivity contribution >= 4 is 29.9 Å². The molecule has 0 aliphatic heterocycles. The molecule has 2 N–H and O–H groups in total. The van der Waals surface area contributed by atoms with Crippen molar-refractivity contribution < 1.29 is 9.47 Å². The van der Waals surface area contributed by atoms with Crippen LogP contribution in [0.5, 0.6) is 11.5 Å². The highest BCUT2D eigenvalue weighted by atomic mass is 127. The molecule has 0 radical (unpaired) electrons. The largest absolute Gasteiger partial charge is 0.493 e. The third kappa shape index (κ3) is 6.38. The van der Waals surface area contributed by atoms with Gasteiger partial charge in [-0.1, -0.05) is 24.3 Å². The van der Waals surface area contributed by atoms with E-state index in [1.54, 1.807) is 14.2 Å². The molecule has 3 rings (SSSR count). The first kappa shape index (κ1) is 25.5. The number of para-hydroxylation sites is 1. The van der Waals surface area contributed by atoms with Gasteiger partial charge in [-0.2, -0.15) is 5.10 Å². The molecule has 0 aliphatic rings. The lowest BCUT2D eigenvalue weighted by molar-refractivity contribution is 0.310. The summed E-state index contributed by atoms with van der Waals surface area (Å²) in [5.74, 6) is 2.19. The first-order valence-corrected chi connectivity index (χ1v) is 10.4. The second kappa shape index (κ2) is 12.3. The summed E-state index contributed by atoms with van der Waals surface area (Å²) in [6.07, 6.45) is 0. The van der Waals surface area contributed by atoms with Crippen LogP contribution in [0.15, 0.2) is 53.5 Å². The van der Waals surface area contributed by atoms with Crippen molar-refractivity contribution in [3.05, 3.63) is 71.0 Å². The molecule has 0 fully saturated rings. The minimum Gasteiger partial charge on any atom is -0.493 e. The maximum absolute atomic E-state index is 5.67. The Hall–Kier alpha value is -2.75. The van der Waals surface area contributed by atoms with Crippen LogP contribution in [0.25, 0.3) is 5.69 Å². The van der Waals surface area contributed by atoms with Crippen molar-refractivity contribution in [3.8, 4) is 17.2 Å². The molecule has 8 heteroatoms. The van der Waals surface area contributed by atoms with Gasteiger partial charge in [0.05, 0.1) is 25.1 Å². The Labute approximate surface area is 207 Å². The van der Waals surface area contributed by atoms with Gasteiger partial charge in [0.25, 0.3) is 0 Å². The van der Waals surface area contributed by atoms with E-state index in [0.717, 1.165) is 45.7 Å². The van der Waals surface area contributed by atoms with Crippen LogP contribution in [0.1, 0.15) is 29.4 Å². The average molecular weight is 549 g/mol. The van der Waals surface area contributed by atoms with Crippen LogP contribution in [-0.4, -0.2) is 36.5 Å². The van der Waals surface area contributed by atoms with Gasteiger partial charge in [-0.15, -0.1) is 24.0 Å². The fraction of sp³-hybridized carbons (Fsp3) is 0.333. The molecule has 0 aliphatic carbocycles. The Bertz CT molecular complexity index is 1050. The van der Waals surface area contributed by atoms with Gasteiger partial charge in [0, 0.05) is 25.8 Å². The molecule has 0 saturated carbocycles. The number of aromatic nitrogens is 2. The highest BCUT2D eigenvalue weighted by Crippen LogP contribution is 2.28. The van der Waals surface area contributed by atoms with E-state index in [1.165, 1.54) is 0 Å². The van der Waals surface area contributed by atoms with Crippen LogP contribution in [0, 0.1) is 13.8 Å². The van der Waals surface area contributed by atoms with Gasteiger partial charge < -0.3 is 20.1 Å². The van der Waals surface area contributed by atoms with Crippen molar-refractivity contribution in [2.24, 2.45) is 4.99 Å². The number of nitrogens with one attached hydrogen (secondary N) is 2. The van der Waals surface area contributed by atoms with E-state index in [1.807, 2.05) is 48.9 Å². The Balaban J connectivity index is 0.00000363. The molecule has 0 bridgehead atoms. The quantitative estimate of drug-likeness (QED) is 0.248. The van der Waals surface area contributed by atoms with E-state index in [-0.39, 0.29) is 24.0 Å². The molecule has 1 heterocycles. The third-order valence-corrected chi connectivity index (χ3v) is 4.89. The zero-order chi connectivity index (χ0) is 22.2. The number of guanidine groups is 1. The summed E-state index contributed by atoms with van der Waals surface area (Å²) in [6.45, 7) is 7.86. The number of hydrogen-bond acceptors (Lipinski definition) is 4. The standard InChI is InChI=1S/C24H31N5O2.HI/c1-6-31-23-14-19(11-12-22(23)30-5)15-26-24(25-4)27-16-20-9-7-8-10-21(20)29-18(3)13-17(2)28-29;/h7-14H,6,15-16H2,1-5H3,(H2,25,26,27);1H. The zero-order valence-electron chi connectivity index (χ0n) is 19.3. The average Bonchev–Trinajstić information content (AvgIpc) is 3.12. The van der Waals surface area contributed by atoms with Crippen LogP contribution >= 0.6 is 24.0 Å². The number of benzene rings is 2. The van der Waals surface area contributed by atoms with Crippen LogP contribution in [0.4, 0.5) is 0 Å². The fourth-order valence-corrected chi connectivity index (χ4v) is 3.42. The number of halogens is 1. The topological polar surface area (TPSA) is 72.7 Å². The Morgan fingerprint density at radius 3 is 2.44 bits per heavy atom. The maximum atomic E-state index is 5.67. The summed E-state index contributed by atoms with van der Waals surface area (Å²) < 4.78 is 13.0. The molecule has 0 atom stereocenters. The molecule has 0 spiro atoms. The van der Waals surface area contributed by atoms with Crippen LogP contribution in [0.2, 0.25) is 0 Å². The Kier molecular flexibility index (Phi) is 9.83. The smallest absolute Gasteiger partial charge is 0.191 e. The lowest BCUT2D eigenvalue weighted by Crippen LogP contribution is -2.36. The summed E-state index contributed by atoms with van der Waals surface area (Å²) in [5, 5.41) is 11.4. The second-order valence-corrected chi connectivity index (χ2v) is 7.17. The normalized spacial score (nSPS) is 11.0. The zero-order valence-corrected chi connectivity index (χ0v) is 21.6. The van der Waals surface area contributed by atoms with Gasteiger partial charge in [-0.3, -0.25) is 4.99 Å². The fourth-order valence-electron chi connectivity index (χ4n) is 3.42. The molecular formula is C24H32IN5O2. The highest BCUT2D eigenvalue weighted by Gasteiger charge is 2.10. The summed E-state index contributed by atoms with van der Waals surface area (Å²) in [7, 11) is 3.41. The van der Waals surface area contributed by atoms with Gasteiger partial charge in [0.2, 0.25) is 0 Å². The van der Waals surface area contributed by atoms with Gasteiger partial charge in [0.1, 0.15) is 0 Å². The molecular weight excluding hydrogens is 517 g/mol. The van der Waals surface area contributed by atoms with Crippen molar-refractivity contribution in [2.75, 3.05) is 20.8 Å². The van der Waals surface area contributed by atoms with E-state index in [2.05, 4.69) is 45.8 Å². The second-order valence-electron chi connectivity index (χ2n) is 7.17. The first-order valence-electron chi connectivity index (χ1n) is 10.4. The van der Waals surface area contributed by atoms with Gasteiger partial charge >= 0.3 is 0 Å². The van der Waals surface area contributed by atoms with E-state index >= 15 is 0 Å². The lowest BCUT2D eigenvalue weighted by Gasteiger charge is -2.16. The molecule has 32 heavy (non-hydrogen) atoms. The summed E-state index contributed by atoms with van der Waals surface area (Å²) in [5.41, 5.74) is 5.39. The summed E-state index contributed by atoms with van der Waals surface area (Å²) in [6, 6.07) is 16.2. The maximum Gasteiger partial charge on any atom is 0.191 e. The van der Waals surface area contributed by atoms with Crippen molar-refractivity contribution in [1.29, 1.82) is 0 Å². The van der Waals surface area contributed by atoms with Crippen molar-refractivity contribution in [3.63, 3.8) is 0 Å². The van der Waals surface area contributed by atoms with E-state index in [9.17, 15) is 0 Å². The molecule has 7 nitrogen and oxygen atoms in total. The molecule has 2 aromatic carbocycles. The van der Waals surface area contributed by atoms with Crippen molar-refractivity contribution in [2.45, 2.75) is 33.9 Å². The number of aryl methyl sites for hydroxylation is 2. The minimum atomic E-state index is 0. The molecule has 1 aromatic heterocycles. The molecule has 3 aromatic rings. The minimum absolute atomic E-state index is 0. The van der Waals surface area contributed by atoms with E-state index < -0.39 is 0 Å². The Morgan fingerprint density at radius 1 is 1.03 bits per heavy atom. The molecule has 172 valence electrons. The van der Waals surface area contributed by atoms with Crippen LogP contribution in [0.3, 0.4) is 0 Å². The number of hydrogen-bond donors (Lipinski definition) is 2. The number of rotatable bonds is 8. The van der Waals surface area contributed by atoms with E-state index in [0.29, 0.717) is 19.7 Å². The third-order valence-electron chi connectivity index (χ3n) is 4.89. The molecule has 0 unspecified atom stereocenters. The monoisotopic (exact) mass is 549 g/mol. The van der Waals surface area contributed by atoms with Gasteiger partial charge in [0.15, 0.2) is 17.5 Å². The van der Waals surface area contributed by atoms with Gasteiger partial charge in [-0.25, -0.2) is 4.68 Å². The molecule has 0 amide bonds.